The van der Waals surface area contributed by atoms with E-state index in [-0.39, 0.29) is 18.5 Å². The Morgan fingerprint density at radius 2 is 2.06 bits per heavy atom. The largest absolute Gasteiger partial charge is 0.482 e. The summed E-state index contributed by atoms with van der Waals surface area (Å²) in [6, 6.07) is 11.4. The lowest BCUT2D eigenvalue weighted by molar-refractivity contribution is -0.118. The van der Waals surface area contributed by atoms with Gasteiger partial charge in [-0.1, -0.05) is 12.1 Å². The fraction of sp³-hybridized carbons (Fsp3) is 0.261. The number of aromatic amines is 1. The van der Waals surface area contributed by atoms with Crippen LogP contribution >= 0.6 is 0 Å². The summed E-state index contributed by atoms with van der Waals surface area (Å²) < 4.78 is 10.9. The summed E-state index contributed by atoms with van der Waals surface area (Å²) in [5, 5.41) is 5.98. The summed E-state index contributed by atoms with van der Waals surface area (Å²) in [5.74, 6) is 1.46. The van der Waals surface area contributed by atoms with E-state index in [0.29, 0.717) is 55.0 Å². The lowest BCUT2D eigenvalue weighted by Crippen LogP contribution is -2.37. The van der Waals surface area contributed by atoms with Crippen LogP contribution in [0.15, 0.2) is 48.8 Å². The Labute approximate surface area is 195 Å². The van der Waals surface area contributed by atoms with Gasteiger partial charge in [-0.15, -0.1) is 0 Å². The van der Waals surface area contributed by atoms with E-state index in [1.54, 1.807) is 24.5 Å². The van der Waals surface area contributed by atoms with Crippen molar-refractivity contribution in [1.82, 2.24) is 24.9 Å². The molecule has 0 unspecified atom stereocenters. The number of amides is 1. The van der Waals surface area contributed by atoms with Crippen molar-refractivity contribution in [3.8, 4) is 5.75 Å². The molecule has 3 aromatic heterocycles. The summed E-state index contributed by atoms with van der Waals surface area (Å²) in [6.07, 6.45) is 3.17. The van der Waals surface area contributed by atoms with Gasteiger partial charge in [0.25, 0.3) is 5.91 Å². The summed E-state index contributed by atoms with van der Waals surface area (Å²) in [7, 11) is 0. The van der Waals surface area contributed by atoms with Crippen LogP contribution in [0.25, 0.3) is 11.2 Å². The van der Waals surface area contributed by atoms with Crippen molar-refractivity contribution in [2.45, 2.75) is 6.92 Å². The molecule has 5 rings (SSSR count). The van der Waals surface area contributed by atoms with E-state index in [1.807, 2.05) is 31.2 Å². The van der Waals surface area contributed by atoms with Crippen molar-refractivity contribution >= 4 is 40.5 Å². The molecule has 1 aliphatic heterocycles. The molecule has 4 heterocycles. The number of H-pyrrole nitrogens is 1. The molecule has 0 radical (unpaired) electrons. The molecule has 11 heteroatoms. The zero-order valence-electron chi connectivity index (χ0n) is 18.6. The normalized spacial score (nSPS) is 13.6. The first-order valence-electron chi connectivity index (χ1n) is 10.9. The topological polar surface area (TPSA) is 130 Å². The number of nitrogens with zero attached hydrogens (tertiary/aromatic N) is 5. The Morgan fingerprint density at radius 3 is 2.85 bits per heavy atom. The van der Waals surface area contributed by atoms with Crippen LogP contribution in [-0.2, 0) is 9.53 Å². The molecule has 11 nitrogen and oxygen atoms in total. The summed E-state index contributed by atoms with van der Waals surface area (Å²) in [6.45, 7) is 4.36. The molecule has 1 aliphatic rings. The van der Waals surface area contributed by atoms with E-state index in [2.05, 4.69) is 40.5 Å². The number of aromatic nitrogens is 5. The lowest BCUT2D eigenvalue weighted by Gasteiger charge is -2.28. The Hall–Kier alpha value is -4.25. The third-order valence-corrected chi connectivity index (χ3v) is 5.18. The molecule has 0 bridgehead atoms. The van der Waals surface area contributed by atoms with Crippen LogP contribution in [0, 0.1) is 6.92 Å². The second-order valence-electron chi connectivity index (χ2n) is 7.77. The molecule has 1 saturated heterocycles. The summed E-state index contributed by atoms with van der Waals surface area (Å²) in [4.78, 5) is 35.5. The number of morpholine rings is 1. The number of carbonyl (C=O) groups excluding carboxylic acids is 1. The number of benzene rings is 1. The minimum Gasteiger partial charge on any atom is -0.482 e. The van der Waals surface area contributed by atoms with Crippen molar-refractivity contribution in [3.05, 3.63) is 54.4 Å². The molecule has 0 aliphatic carbocycles. The zero-order chi connectivity index (χ0) is 23.3. The number of nitrogens with one attached hydrogen (secondary N) is 3. The van der Waals surface area contributed by atoms with Crippen molar-refractivity contribution in [1.29, 1.82) is 0 Å². The van der Waals surface area contributed by atoms with E-state index in [1.165, 1.54) is 0 Å². The second kappa shape index (κ2) is 9.71. The number of aryl methyl sites for hydroxylation is 1. The highest BCUT2D eigenvalue weighted by Gasteiger charge is 2.21. The van der Waals surface area contributed by atoms with Gasteiger partial charge in [0, 0.05) is 25.0 Å². The van der Waals surface area contributed by atoms with E-state index in [9.17, 15) is 4.79 Å². The van der Waals surface area contributed by atoms with Crippen LogP contribution in [0.2, 0.25) is 0 Å². The first-order chi connectivity index (χ1) is 16.6. The van der Waals surface area contributed by atoms with Crippen LogP contribution < -0.4 is 20.3 Å². The van der Waals surface area contributed by atoms with Crippen molar-refractivity contribution in [2.75, 3.05) is 48.4 Å². The first-order valence-corrected chi connectivity index (χ1v) is 10.9. The number of imidazole rings is 1. The Bertz CT molecular complexity index is 1290. The quantitative estimate of drug-likeness (QED) is 0.381. The highest BCUT2D eigenvalue weighted by atomic mass is 16.5. The average molecular weight is 460 g/mol. The molecule has 0 atom stereocenters. The highest BCUT2D eigenvalue weighted by molar-refractivity contribution is 5.93. The Morgan fingerprint density at radius 1 is 1.18 bits per heavy atom. The maximum atomic E-state index is 12.5. The predicted octanol–water partition coefficient (Wildman–Crippen LogP) is 2.65. The first kappa shape index (κ1) is 21.6. The maximum absolute atomic E-state index is 12.5. The van der Waals surface area contributed by atoms with Gasteiger partial charge in [0.1, 0.15) is 11.3 Å². The Kier molecular flexibility index (Phi) is 6.17. The molecule has 1 amide bonds. The van der Waals surface area contributed by atoms with Gasteiger partial charge in [-0.05, 0) is 36.8 Å². The maximum Gasteiger partial charge on any atom is 0.264 e. The molecule has 3 N–H and O–H groups in total. The number of anilines is 4. The van der Waals surface area contributed by atoms with Crippen LogP contribution in [0.1, 0.15) is 5.56 Å². The SMILES string of the molecule is Cc1cccc(Nc2nc3nc(NC(=O)COc4cccnc4)nc(N4CCOCC4)c3[nH]2)c1. The number of fused-ring (bicyclic) bond motifs is 1. The van der Waals surface area contributed by atoms with Crippen LogP contribution in [0.4, 0.5) is 23.4 Å². The number of carbonyl (C=O) groups is 1. The molecular weight excluding hydrogens is 436 g/mol. The van der Waals surface area contributed by atoms with E-state index >= 15 is 0 Å². The molecule has 0 saturated carbocycles. The van der Waals surface area contributed by atoms with Gasteiger partial charge in [0.05, 0.1) is 19.4 Å². The van der Waals surface area contributed by atoms with Crippen molar-refractivity contribution < 1.29 is 14.3 Å². The van der Waals surface area contributed by atoms with Gasteiger partial charge in [-0.2, -0.15) is 15.0 Å². The minimum absolute atomic E-state index is 0.155. The van der Waals surface area contributed by atoms with E-state index in [4.69, 9.17) is 9.47 Å². The summed E-state index contributed by atoms with van der Waals surface area (Å²) >= 11 is 0. The van der Waals surface area contributed by atoms with Crippen molar-refractivity contribution in [2.24, 2.45) is 0 Å². The standard InChI is InChI=1S/C23H24N8O3/c1-15-4-2-5-16(12-15)25-22-27-19-20(28-22)29-23(30-21(19)31-8-10-33-11-9-31)26-18(32)14-34-17-6-3-7-24-13-17/h2-7,12-13H,8-11,14H2,1H3,(H3,25,26,27,28,29,30,32). The third kappa shape index (κ3) is 5.04. The van der Waals surface area contributed by atoms with Gasteiger partial charge in [0.15, 0.2) is 18.1 Å². The lowest BCUT2D eigenvalue weighted by atomic mass is 10.2. The summed E-state index contributed by atoms with van der Waals surface area (Å²) in [5.41, 5.74) is 3.16. The molecule has 174 valence electrons. The Balaban J connectivity index is 1.40. The predicted molar refractivity (Wildman–Crippen MR) is 128 cm³/mol. The van der Waals surface area contributed by atoms with Crippen LogP contribution in [0.5, 0.6) is 5.75 Å². The monoisotopic (exact) mass is 460 g/mol. The van der Waals surface area contributed by atoms with Crippen molar-refractivity contribution in [3.63, 3.8) is 0 Å². The molecule has 4 aromatic rings. The van der Waals surface area contributed by atoms with Gasteiger partial charge in [-0.25, -0.2) is 0 Å². The average Bonchev–Trinajstić information content (AvgIpc) is 3.25. The number of pyridine rings is 1. The van der Waals surface area contributed by atoms with E-state index in [0.717, 1.165) is 11.3 Å². The molecule has 1 fully saturated rings. The molecular formula is C23H24N8O3. The fourth-order valence-electron chi connectivity index (χ4n) is 3.60. The number of hydrogen-bond donors (Lipinski definition) is 3. The van der Waals surface area contributed by atoms with Gasteiger partial charge >= 0.3 is 0 Å². The van der Waals surface area contributed by atoms with E-state index < -0.39 is 0 Å². The van der Waals surface area contributed by atoms with Gasteiger partial charge < -0.3 is 24.7 Å². The number of rotatable bonds is 7. The van der Waals surface area contributed by atoms with Crippen LogP contribution in [-0.4, -0.2) is 63.7 Å². The molecule has 34 heavy (non-hydrogen) atoms. The highest BCUT2D eigenvalue weighted by Crippen LogP contribution is 2.27. The van der Waals surface area contributed by atoms with Gasteiger partial charge in [-0.3, -0.25) is 15.1 Å². The minimum atomic E-state index is -0.384. The van der Waals surface area contributed by atoms with Crippen LogP contribution in [0.3, 0.4) is 0 Å². The second-order valence-corrected chi connectivity index (χ2v) is 7.77. The van der Waals surface area contributed by atoms with Gasteiger partial charge in [0.2, 0.25) is 11.9 Å². The molecule has 1 aromatic carbocycles. The zero-order valence-corrected chi connectivity index (χ0v) is 18.6. The number of hydrogen-bond acceptors (Lipinski definition) is 9. The number of ether oxygens (including phenoxy) is 2. The third-order valence-electron chi connectivity index (χ3n) is 5.18. The fourth-order valence-corrected chi connectivity index (χ4v) is 3.60. The smallest absolute Gasteiger partial charge is 0.264 e. The molecule has 0 spiro atoms.